The molecule has 3 heterocycles. The number of anilines is 2. The molecule has 1 aromatic heterocycles. The molecule has 0 spiro atoms. The first-order chi connectivity index (χ1) is 15.4. The van der Waals surface area contributed by atoms with Crippen LogP contribution in [0.2, 0.25) is 0 Å². The van der Waals surface area contributed by atoms with Crippen molar-refractivity contribution in [1.29, 1.82) is 0 Å². The Morgan fingerprint density at radius 1 is 1.03 bits per heavy atom. The molecule has 172 valence electrons. The van der Waals surface area contributed by atoms with Crippen LogP contribution in [0.4, 0.5) is 11.4 Å². The molecule has 2 fully saturated rings. The lowest BCUT2D eigenvalue weighted by atomic mass is 10.2. The molecule has 32 heavy (non-hydrogen) atoms. The molecule has 0 aliphatic carbocycles. The van der Waals surface area contributed by atoms with Crippen LogP contribution in [-0.2, 0) is 19.6 Å². The van der Waals surface area contributed by atoms with E-state index in [-0.39, 0.29) is 16.8 Å². The minimum absolute atomic E-state index is 0.104. The molecular formula is C22H29N5O4S. The summed E-state index contributed by atoms with van der Waals surface area (Å²) >= 11 is 0. The quantitative estimate of drug-likeness (QED) is 0.695. The molecule has 1 unspecified atom stereocenters. The van der Waals surface area contributed by atoms with E-state index in [1.54, 1.807) is 18.3 Å². The molecule has 9 nitrogen and oxygen atoms in total. The third kappa shape index (κ3) is 5.09. The molecular weight excluding hydrogens is 430 g/mol. The lowest BCUT2D eigenvalue weighted by molar-refractivity contribution is -0.121. The highest BCUT2D eigenvalue weighted by molar-refractivity contribution is 7.89. The van der Waals surface area contributed by atoms with Crippen molar-refractivity contribution in [2.75, 3.05) is 62.7 Å². The minimum Gasteiger partial charge on any atom is -0.378 e. The molecule has 0 radical (unpaired) electrons. The van der Waals surface area contributed by atoms with E-state index in [9.17, 15) is 13.2 Å². The van der Waals surface area contributed by atoms with Gasteiger partial charge in [-0.3, -0.25) is 14.7 Å². The molecule has 4 rings (SSSR count). The Morgan fingerprint density at radius 2 is 1.72 bits per heavy atom. The Morgan fingerprint density at radius 3 is 2.34 bits per heavy atom. The number of morpholine rings is 1. The first kappa shape index (κ1) is 22.7. The van der Waals surface area contributed by atoms with E-state index in [4.69, 9.17) is 4.74 Å². The fraction of sp³-hybridized carbons (Fsp3) is 0.455. The highest BCUT2D eigenvalue weighted by atomic mass is 32.2. The number of carbonyl (C=O) groups is 1. The lowest BCUT2D eigenvalue weighted by Gasteiger charge is -2.36. The van der Waals surface area contributed by atoms with Crippen LogP contribution in [0.15, 0.2) is 53.7 Å². The zero-order chi connectivity index (χ0) is 22.6. The summed E-state index contributed by atoms with van der Waals surface area (Å²) < 4.78 is 32.4. The van der Waals surface area contributed by atoms with Crippen LogP contribution in [-0.4, -0.2) is 87.0 Å². The number of sulfonamides is 1. The van der Waals surface area contributed by atoms with Crippen molar-refractivity contribution >= 4 is 27.3 Å². The summed E-state index contributed by atoms with van der Waals surface area (Å²) in [6, 6.07) is 10.6. The van der Waals surface area contributed by atoms with E-state index < -0.39 is 10.0 Å². The van der Waals surface area contributed by atoms with Crippen molar-refractivity contribution in [2.45, 2.75) is 17.9 Å². The Kier molecular flexibility index (Phi) is 7.04. The average molecular weight is 460 g/mol. The topological polar surface area (TPSA) is 95.1 Å². The van der Waals surface area contributed by atoms with Crippen molar-refractivity contribution in [1.82, 2.24) is 14.2 Å². The van der Waals surface area contributed by atoms with Gasteiger partial charge in [0.2, 0.25) is 15.9 Å². The fourth-order valence-corrected chi connectivity index (χ4v) is 5.36. The predicted octanol–water partition coefficient (Wildman–Crippen LogP) is 1.25. The largest absolute Gasteiger partial charge is 0.378 e. The summed E-state index contributed by atoms with van der Waals surface area (Å²) in [5.74, 6) is -0.104. The van der Waals surface area contributed by atoms with Crippen LogP contribution in [0.5, 0.6) is 0 Å². The van der Waals surface area contributed by atoms with Gasteiger partial charge in [-0.25, -0.2) is 8.42 Å². The zero-order valence-electron chi connectivity index (χ0n) is 18.2. The van der Waals surface area contributed by atoms with Gasteiger partial charge in [-0.2, -0.15) is 4.31 Å². The SMILES string of the molecule is CC(C(=O)Nc1ccc(N2CCOCC2)cc1)N1CCN(S(=O)(=O)c2cccnc2)CC1. The summed E-state index contributed by atoms with van der Waals surface area (Å²) in [7, 11) is -3.56. The number of benzene rings is 1. The predicted molar refractivity (Wildman–Crippen MR) is 122 cm³/mol. The Hall–Kier alpha value is -2.53. The van der Waals surface area contributed by atoms with Gasteiger partial charge in [-0.05, 0) is 43.3 Å². The number of nitrogens with zero attached hydrogens (tertiary/aromatic N) is 4. The van der Waals surface area contributed by atoms with Crippen LogP contribution < -0.4 is 10.2 Å². The van der Waals surface area contributed by atoms with E-state index in [0.29, 0.717) is 26.2 Å². The molecule has 2 aromatic rings. The molecule has 10 heteroatoms. The minimum atomic E-state index is -3.56. The van der Waals surface area contributed by atoms with Gasteiger partial charge >= 0.3 is 0 Å². The second kappa shape index (κ2) is 9.95. The smallest absolute Gasteiger partial charge is 0.244 e. The number of amides is 1. The summed E-state index contributed by atoms with van der Waals surface area (Å²) in [6.45, 7) is 6.69. The van der Waals surface area contributed by atoms with Crippen molar-refractivity contribution in [3.8, 4) is 0 Å². The van der Waals surface area contributed by atoms with E-state index in [1.807, 2.05) is 36.1 Å². The third-order valence-corrected chi connectivity index (χ3v) is 7.87. The van der Waals surface area contributed by atoms with E-state index in [0.717, 1.165) is 37.7 Å². The number of pyridine rings is 1. The Bertz CT molecular complexity index is 1000. The number of carbonyl (C=O) groups excluding carboxylic acids is 1. The number of nitrogens with one attached hydrogen (secondary N) is 1. The molecule has 1 aromatic carbocycles. The van der Waals surface area contributed by atoms with Crippen LogP contribution in [0, 0.1) is 0 Å². The van der Waals surface area contributed by atoms with Crippen molar-refractivity contribution in [2.24, 2.45) is 0 Å². The molecule has 2 saturated heterocycles. The molecule has 0 saturated carbocycles. The van der Waals surface area contributed by atoms with Gasteiger partial charge in [0.25, 0.3) is 0 Å². The van der Waals surface area contributed by atoms with Gasteiger partial charge in [-0.15, -0.1) is 0 Å². The number of rotatable bonds is 6. The maximum atomic E-state index is 12.8. The van der Waals surface area contributed by atoms with Gasteiger partial charge in [0, 0.05) is 63.0 Å². The van der Waals surface area contributed by atoms with Crippen molar-refractivity contribution < 1.29 is 17.9 Å². The summed E-state index contributed by atoms with van der Waals surface area (Å²) in [5, 5.41) is 2.97. The summed E-state index contributed by atoms with van der Waals surface area (Å²) in [4.78, 5) is 21.1. The lowest BCUT2D eigenvalue weighted by Crippen LogP contribution is -2.53. The monoisotopic (exact) mass is 459 g/mol. The number of ether oxygens (including phenoxy) is 1. The van der Waals surface area contributed by atoms with Crippen LogP contribution in [0.1, 0.15) is 6.92 Å². The second-order valence-electron chi connectivity index (χ2n) is 7.94. The van der Waals surface area contributed by atoms with Crippen LogP contribution >= 0.6 is 0 Å². The molecule has 2 aliphatic heterocycles. The number of hydrogen-bond acceptors (Lipinski definition) is 7. The standard InChI is InChI=1S/C22H29N5O4S/c1-18(22(28)24-19-4-6-20(7-5-19)26-13-15-31-16-14-26)25-9-11-27(12-10-25)32(29,30)21-3-2-8-23-17-21/h2-8,17-18H,9-16H2,1H3,(H,24,28). The number of aromatic nitrogens is 1. The first-order valence-corrected chi connectivity index (χ1v) is 12.3. The normalized spacial score (nSPS) is 19.5. The molecule has 0 bridgehead atoms. The summed E-state index contributed by atoms with van der Waals surface area (Å²) in [6.07, 6.45) is 2.91. The fourth-order valence-electron chi connectivity index (χ4n) is 3.97. The first-order valence-electron chi connectivity index (χ1n) is 10.8. The summed E-state index contributed by atoms with van der Waals surface area (Å²) in [5.41, 5.74) is 1.86. The van der Waals surface area contributed by atoms with Gasteiger partial charge in [0.15, 0.2) is 0 Å². The number of hydrogen-bond donors (Lipinski definition) is 1. The number of piperazine rings is 1. The zero-order valence-corrected chi connectivity index (χ0v) is 19.0. The van der Waals surface area contributed by atoms with Gasteiger partial charge in [0.1, 0.15) is 4.90 Å². The second-order valence-corrected chi connectivity index (χ2v) is 9.88. The third-order valence-electron chi connectivity index (χ3n) is 5.98. The molecule has 1 amide bonds. The average Bonchev–Trinajstić information content (AvgIpc) is 2.85. The van der Waals surface area contributed by atoms with E-state index >= 15 is 0 Å². The Balaban J connectivity index is 1.30. The molecule has 1 atom stereocenters. The van der Waals surface area contributed by atoms with Gasteiger partial charge in [-0.1, -0.05) is 0 Å². The van der Waals surface area contributed by atoms with Crippen LogP contribution in [0.25, 0.3) is 0 Å². The van der Waals surface area contributed by atoms with Gasteiger partial charge in [0.05, 0.1) is 19.3 Å². The highest BCUT2D eigenvalue weighted by Gasteiger charge is 2.32. The van der Waals surface area contributed by atoms with Crippen molar-refractivity contribution in [3.63, 3.8) is 0 Å². The van der Waals surface area contributed by atoms with Gasteiger partial charge < -0.3 is 15.0 Å². The maximum absolute atomic E-state index is 12.8. The molecule has 1 N–H and O–H groups in total. The maximum Gasteiger partial charge on any atom is 0.244 e. The van der Waals surface area contributed by atoms with E-state index in [1.165, 1.54) is 10.5 Å². The van der Waals surface area contributed by atoms with E-state index in [2.05, 4.69) is 15.2 Å². The molecule has 2 aliphatic rings. The highest BCUT2D eigenvalue weighted by Crippen LogP contribution is 2.20. The Labute approximate surface area is 189 Å². The van der Waals surface area contributed by atoms with Crippen molar-refractivity contribution in [3.05, 3.63) is 48.8 Å². The van der Waals surface area contributed by atoms with Crippen LogP contribution in [0.3, 0.4) is 0 Å².